The number of hydrazine groups is 1. The van der Waals surface area contributed by atoms with Gasteiger partial charge in [-0.05, 0) is 70.0 Å². The number of hydrogen-bond donors (Lipinski definition) is 2. The summed E-state index contributed by atoms with van der Waals surface area (Å²) in [5, 5.41) is 5.80. The third kappa shape index (κ3) is 7.96. The molecule has 3 amide bonds. The van der Waals surface area contributed by atoms with Crippen LogP contribution in [0.3, 0.4) is 0 Å². The number of carbonyl (C=O) groups excluding carboxylic acids is 3. The number of urea groups is 1. The molecule has 1 unspecified atom stereocenters. The number of nitrogens with zero attached hydrogens (tertiary/aromatic N) is 6. The molecule has 0 saturated carbocycles. The van der Waals surface area contributed by atoms with Crippen LogP contribution in [0.4, 0.5) is 4.79 Å². The van der Waals surface area contributed by atoms with Crippen LogP contribution in [0.1, 0.15) is 56.8 Å². The van der Waals surface area contributed by atoms with E-state index in [1.54, 1.807) is 18.2 Å². The van der Waals surface area contributed by atoms with Crippen LogP contribution >= 0.6 is 11.3 Å². The SMILES string of the molecule is CCn1c(-c2cccnc2[C@@](C)([Si])OC)c2c3cc(ccc31)-c1csc(n1)CC([Si])(NC(=O)N1CCN(C)CC1)C(=O)N1CCC[C@H](N1)C(=O)OCC(C)(C)C2. The largest absolute Gasteiger partial charge is 0.464 e. The molecule has 3 aliphatic rings. The van der Waals surface area contributed by atoms with Crippen molar-refractivity contribution in [2.75, 3.05) is 53.5 Å². The van der Waals surface area contributed by atoms with E-state index in [4.69, 9.17) is 19.4 Å². The second-order valence-electron chi connectivity index (χ2n) is 16.1. The fourth-order valence-electron chi connectivity index (χ4n) is 7.90. The summed E-state index contributed by atoms with van der Waals surface area (Å²) >= 11 is 1.44. The fourth-order valence-corrected chi connectivity index (χ4v) is 9.52. The van der Waals surface area contributed by atoms with E-state index < -0.39 is 33.7 Å². The minimum Gasteiger partial charge on any atom is -0.464 e. The lowest BCUT2D eigenvalue weighted by atomic mass is 9.84. The highest BCUT2D eigenvalue weighted by atomic mass is 32.1. The molecule has 2 N–H and O–H groups in total. The van der Waals surface area contributed by atoms with Gasteiger partial charge in [0, 0.05) is 91.8 Å². The molecule has 2 saturated heterocycles. The van der Waals surface area contributed by atoms with Crippen LogP contribution in [0.15, 0.2) is 41.9 Å². The Hall–Kier alpha value is -3.94. The lowest BCUT2D eigenvalue weighted by Gasteiger charge is -2.40. The van der Waals surface area contributed by atoms with Crippen molar-refractivity contribution < 1.29 is 23.9 Å². The van der Waals surface area contributed by atoms with Crippen molar-refractivity contribution in [3.8, 4) is 22.5 Å². The minimum absolute atomic E-state index is 0.0899. The van der Waals surface area contributed by atoms with Crippen LogP contribution in [-0.2, 0) is 43.7 Å². The van der Waals surface area contributed by atoms with Crippen molar-refractivity contribution in [2.24, 2.45) is 5.41 Å². The summed E-state index contributed by atoms with van der Waals surface area (Å²) in [5.74, 6) is -0.834. The van der Waals surface area contributed by atoms with E-state index in [0.717, 1.165) is 57.8 Å². The number of amides is 3. The Morgan fingerprint density at radius 1 is 1.16 bits per heavy atom. The number of aromatic nitrogens is 3. The van der Waals surface area contributed by atoms with Crippen LogP contribution in [0, 0.1) is 5.41 Å². The van der Waals surface area contributed by atoms with Gasteiger partial charge in [-0.1, -0.05) is 19.9 Å². The van der Waals surface area contributed by atoms with E-state index >= 15 is 0 Å². The fraction of sp³-hybridized carbons (Fsp3) is 0.525. The minimum atomic E-state index is -1.54. The number of aryl methyl sites for hydroxylation is 1. The van der Waals surface area contributed by atoms with Crippen LogP contribution in [0.5, 0.6) is 0 Å². The van der Waals surface area contributed by atoms with Crippen molar-refractivity contribution in [3.63, 3.8) is 0 Å². The average Bonchev–Trinajstić information content (AvgIpc) is 3.77. The molecule has 7 rings (SSSR count). The van der Waals surface area contributed by atoms with E-state index in [1.165, 1.54) is 16.3 Å². The van der Waals surface area contributed by atoms with E-state index in [9.17, 15) is 14.4 Å². The number of fused-ring (bicyclic) bond motifs is 6. The highest BCUT2D eigenvalue weighted by Crippen LogP contribution is 2.42. The summed E-state index contributed by atoms with van der Waals surface area (Å²) in [4.78, 5) is 55.7. The summed E-state index contributed by atoms with van der Waals surface area (Å²) in [7, 11) is 11.3. The van der Waals surface area contributed by atoms with E-state index in [-0.39, 0.29) is 19.1 Å². The zero-order chi connectivity index (χ0) is 40.0. The number of methoxy groups -OCH3 is 1. The summed E-state index contributed by atoms with van der Waals surface area (Å²) < 4.78 is 14.3. The van der Waals surface area contributed by atoms with Crippen LogP contribution in [0.2, 0.25) is 0 Å². The number of ether oxygens (including phenoxy) is 2. The van der Waals surface area contributed by atoms with Gasteiger partial charge in [0.05, 0.1) is 54.4 Å². The quantitative estimate of drug-likeness (QED) is 0.228. The molecule has 6 radical (unpaired) electrons. The highest BCUT2D eigenvalue weighted by molar-refractivity contribution is 7.10. The summed E-state index contributed by atoms with van der Waals surface area (Å²) in [6.07, 6.45) is 3.55. The second kappa shape index (κ2) is 15.8. The van der Waals surface area contributed by atoms with Crippen LogP contribution in [-0.4, -0.2) is 132 Å². The van der Waals surface area contributed by atoms with E-state index in [0.29, 0.717) is 50.4 Å². The zero-order valence-electron chi connectivity index (χ0n) is 33.0. The Kier molecular flexibility index (Phi) is 11.3. The Bertz CT molecular complexity index is 2130. The number of benzene rings is 1. The molecule has 56 heavy (non-hydrogen) atoms. The molecular weight excluding hydrogens is 761 g/mol. The molecule has 0 aliphatic carbocycles. The Balaban J connectivity index is 1.36. The van der Waals surface area contributed by atoms with Crippen molar-refractivity contribution in [3.05, 3.63) is 58.2 Å². The maximum absolute atomic E-state index is 14.5. The maximum atomic E-state index is 14.5. The van der Waals surface area contributed by atoms with Gasteiger partial charge in [-0.15, -0.1) is 11.3 Å². The number of rotatable bonds is 5. The molecule has 6 bridgehead atoms. The number of nitrogens with one attached hydrogen (secondary N) is 2. The van der Waals surface area contributed by atoms with E-state index in [1.807, 2.05) is 25.4 Å². The van der Waals surface area contributed by atoms with Gasteiger partial charge in [0.2, 0.25) is 0 Å². The number of likely N-dealkylation sites (N-methyl/N-ethyl adjacent to an activating group) is 1. The van der Waals surface area contributed by atoms with Gasteiger partial charge in [-0.25, -0.2) is 15.2 Å². The predicted octanol–water partition coefficient (Wildman–Crippen LogP) is 3.82. The molecule has 2 fully saturated rings. The molecule has 4 aromatic rings. The number of pyridine rings is 1. The average molecular weight is 811 g/mol. The molecular formula is C40H50N8O5SSi2. The number of cyclic esters (lactones) is 1. The van der Waals surface area contributed by atoms with Gasteiger partial charge < -0.3 is 29.2 Å². The normalized spacial score (nSPS) is 23.4. The van der Waals surface area contributed by atoms with Crippen LogP contribution < -0.4 is 10.7 Å². The maximum Gasteiger partial charge on any atom is 0.324 e. The lowest BCUT2D eigenvalue weighted by Crippen LogP contribution is -2.68. The molecule has 3 aromatic heterocycles. The molecule has 6 heterocycles. The number of piperazine rings is 1. The number of carbonyl (C=O) groups is 3. The van der Waals surface area contributed by atoms with E-state index in [2.05, 4.69) is 85.7 Å². The van der Waals surface area contributed by atoms with Gasteiger partial charge in [0.15, 0.2) is 0 Å². The smallest absolute Gasteiger partial charge is 0.324 e. The first-order valence-electron chi connectivity index (χ1n) is 19.2. The number of esters is 1. The Morgan fingerprint density at radius 2 is 1.93 bits per heavy atom. The van der Waals surface area contributed by atoms with Crippen molar-refractivity contribution in [1.29, 1.82) is 0 Å². The van der Waals surface area contributed by atoms with Crippen molar-refractivity contribution >= 4 is 60.6 Å². The molecule has 16 heteroatoms. The standard InChI is InChI=1S/C40H50N8O5SSi2/c1-7-47-31-13-12-25-20-27(31)28(33(47)26-10-8-14-41-34(26)39(4,55)52-6)21-38(2,3)24-53-35(49)29-11-9-15-48(44-29)36(50)40(56,22-32-42-30(25)23-54-32)43-37(51)46-18-16-45(5)17-19-46/h8,10,12-14,20,23,29,44H,7,9,11,15-19,21-22,24H2,1-6H3,(H,43,51)/t29-,39+,40?/m0/s1. The third-order valence-corrected chi connectivity index (χ3v) is 12.9. The summed E-state index contributed by atoms with van der Waals surface area (Å²) in [5.41, 5.74) is 9.24. The van der Waals surface area contributed by atoms with Gasteiger partial charge >= 0.3 is 12.0 Å². The molecule has 13 nitrogen and oxygen atoms in total. The topological polar surface area (TPSA) is 134 Å². The first kappa shape index (κ1) is 40.3. The molecule has 1 aromatic carbocycles. The first-order chi connectivity index (χ1) is 26.6. The lowest BCUT2D eigenvalue weighted by molar-refractivity contribution is -0.155. The molecule has 3 atom stereocenters. The van der Waals surface area contributed by atoms with Gasteiger partial charge in [0.1, 0.15) is 11.2 Å². The Morgan fingerprint density at radius 3 is 2.66 bits per heavy atom. The van der Waals surface area contributed by atoms with Gasteiger partial charge in [-0.2, -0.15) is 0 Å². The molecule has 294 valence electrons. The summed E-state index contributed by atoms with van der Waals surface area (Å²) in [6.45, 7) is 12.1. The molecule has 3 aliphatic heterocycles. The van der Waals surface area contributed by atoms with Gasteiger partial charge in [-0.3, -0.25) is 19.6 Å². The van der Waals surface area contributed by atoms with Crippen molar-refractivity contribution in [2.45, 2.75) is 76.4 Å². The zero-order valence-corrected chi connectivity index (χ0v) is 35.8. The van der Waals surface area contributed by atoms with Crippen molar-refractivity contribution in [1.82, 2.24) is 40.1 Å². The van der Waals surface area contributed by atoms with Gasteiger partial charge in [0.25, 0.3) is 5.91 Å². The predicted molar refractivity (Wildman–Crippen MR) is 218 cm³/mol. The highest BCUT2D eigenvalue weighted by Gasteiger charge is 2.43. The second-order valence-corrected chi connectivity index (χ2v) is 18.8. The first-order valence-corrected chi connectivity index (χ1v) is 21.1. The van der Waals surface area contributed by atoms with Crippen LogP contribution in [0.25, 0.3) is 33.4 Å². The summed E-state index contributed by atoms with van der Waals surface area (Å²) in [6, 6.07) is 9.36. The third-order valence-electron chi connectivity index (χ3n) is 11.1. The number of thiazole rings is 1. The monoisotopic (exact) mass is 810 g/mol. The number of hydrogen-bond acceptors (Lipinski definition) is 10. The molecule has 0 spiro atoms. The Labute approximate surface area is 339 Å².